The summed E-state index contributed by atoms with van der Waals surface area (Å²) in [7, 11) is 0. The number of halogens is 2. The number of amides is 1. The van der Waals surface area contributed by atoms with Crippen LogP contribution in [0.2, 0.25) is 0 Å². The monoisotopic (exact) mass is 374 g/mol. The van der Waals surface area contributed by atoms with Gasteiger partial charge in [-0.2, -0.15) is 0 Å². The lowest BCUT2D eigenvalue weighted by molar-refractivity contribution is -0.137. The molecule has 1 amide bonds. The summed E-state index contributed by atoms with van der Waals surface area (Å²) in [5.41, 5.74) is 2.64. The summed E-state index contributed by atoms with van der Waals surface area (Å²) < 4.78 is 28.4. The van der Waals surface area contributed by atoms with Crippen LogP contribution in [0.25, 0.3) is 0 Å². The van der Waals surface area contributed by atoms with E-state index in [4.69, 9.17) is 5.11 Å². The van der Waals surface area contributed by atoms with Crippen molar-refractivity contribution in [1.82, 2.24) is 10.4 Å². The predicted octanol–water partition coefficient (Wildman–Crippen LogP) is 3.52. The zero-order valence-electron chi connectivity index (χ0n) is 14.8. The zero-order valence-corrected chi connectivity index (χ0v) is 14.8. The summed E-state index contributed by atoms with van der Waals surface area (Å²) in [5.74, 6) is -2.62. The average Bonchev–Trinajstić information content (AvgIpc) is 3.04. The van der Waals surface area contributed by atoms with Gasteiger partial charge in [-0.1, -0.05) is 30.3 Å². The molecule has 142 valence electrons. The van der Waals surface area contributed by atoms with Gasteiger partial charge in [-0.3, -0.25) is 14.6 Å². The molecule has 1 aliphatic heterocycles. The third-order valence-electron chi connectivity index (χ3n) is 4.92. The van der Waals surface area contributed by atoms with Gasteiger partial charge in [0.1, 0.15) is 11.6 Å². The molecule has 1 unspecified atom stereocenters. The molecule has 2 atom stereocenters. The van der Waals surface area contributed by atoms with Crippen LogP contribution in [0.15, 0.2) is 48.5 Å². The van der Waals surface area contributed by atoms with Gasteiger partial charge in [-0.15, -0.1) is 0 Å². The van der Waals surface area contributed by atoms with Crippen LogP contribution in [0.5, 0.6) is 0 Å². The second-order valence-corrected chi connectivity index (χ2v) is 6.73. The van der Waals surface area contributed by atoms with Gasteiger partial charge in [0.25, 0.3) is 0 Å². The largest absolute Gasteiger partial charge is 0.481 e. The van der Waals surface area contributed by atoms with Crippen molar-refractivity contribution >= 4 is 11.9 Å². The van der Waals surface area contributed by atoms with Gasteiger partial charge in [0.15, 0.2) is 0 Å². The molecule has 27 heavy (non-hydrogen) atoms. The first-order valence-electron chi connectivity index (χ1n) is 8.62. The maximum Gasteiger partial charge on any atom is 0.303 e. The quantitative estimate of drug-likeness (QED) is 0.840. The Morgan fingerprint density at radius 1 is 1.22 bits per heavy atom. The van der Waals surface area contributed by atoms with Crippen LogP contribution in [0, 0.1) is 11.6 Å². The number of hydrazine groups is 1. The maximum atomic E-state index is 14.6. The minimum absolute atomic E-state index is 0.00974. The molecule has 0 aromatic heterocycles. The number of carbonyl (C=O) groups excluding carboxylic acids is 1. The van der Waals surface area contributed by atoms with E-state index in [1.807, 2.05) is 30.3 Å². The highest BCUT2D eigenvalue weighted by molar-refractivity contribution is 5.74. The van der Waals surface area contributed by atoms with Crippen molar-refractivity contribution in [1.29, 1.82) is 0 Å². The van der Waals surface area contributed by atoms with E-state index in [2.05, 4.69) is 5.43 Å². The number of hydrogen-bond donors (Lipinski definition) is 2. The van der Waals surface area contributed by atoms with E-state index in [9.17, 15) is 18.4 Å². The Morgan fingerprint density at radius 2 is 1.93 bits per heavy atom. The summed E-state index contributed by atoms with van der Waals surface area (Å²) in [6.07, 6.45) is -0.0176. The van der Waals surface area contributed by atoms with E-state index < -0.39 is 29.2 Å². The Kier molecular flexibility index (Phi) is 5.23. The summed E-state index contributed by atoms with van der Waals surface area (Å²) in [6.45, 7) is 1.37. The summed E-state index contributed by atoms with van der Waals surface area (Å²) in [4.78, 5) is 23.4. The van der Waals surface area contributed by atoms with Crippen LogP contribution in [-0.2, 0) is 15.1 Å². The lowest BCUT2D eigenvalue weighted by atomic mass is 9.80. The third-order valence-corrected chi connectivity index (χ3v) is 4.92. The van der Waals surface area contributed by atoms with Crippen molar-refractivity contribution in [2.45, 2.75) is 37.8 Å². The number of nitrogens with one attached hydrogen (secondary N) is 1. The first-order chi connectivity index (χ1) is 12.8. The Hall–Kier alpha value is -2.80. The number of carboxylic acids is 1. The molecule has 2 N–H and O–H groups in total. The normalized spacial score (nSPS) is 22.0. The SMILES string of the molecule is CC(=O)N1NC(CCC(=O)O)(c2cc(F)ccc2F)C[C@H]1c1ccccc1. The summed E-state index contributed by atoms with van der Waals surface area (Å²) in [5, 5.41) is 10.5. The number of rotatable bonds is 5. The van der Waals surface area contributed by atoms with Gasteiger partial charge in [0.2, 0.25) is 5.91 Å². The van der Waals surface area contributed by atoms with Gasteiger partial charge < -0.3 is 5.11 Å². The molecule has 0 radical (unpaired) electrons. The minimum atomic E-state index is -1.21. The molecule has 0 spiro atoms. The molecule has 1 saturated heterocycles. The zero-order chi connectivity index (χ0) is 19.6. The van der Waals surface area contributed by atoms with E-state index in [-0.39, 0.29) is 30.7 Å². The van der Waals surface area contributed by atoms with Gasteiger partial charge in [0, 0.05) is 18.9 Å². The number of carbonyl (C=O) groups is 2. The molecule has 1 fully saturated rings. The molecule has 2 aromatic rings. The van der Waals surface area contributed by atoms with Crippen LogP contribution in [0.4, 0.5) is 8.78 Å². The number of carboxylic acid groups (broad SMARTS) is 1. The molecule has 0 bridgehead atoms. The van der Waals surface area contributed by atoms with Gasteiger partial charge in [-0.25, -0.2) is 14.2 Å². The van der Waals surface area contributed by atoms with Crippen molar-refractivity contribution in [3.05, 3.63) is 71.3 Å². The van der Waals surface area contributed by atoms with E-state index in [0.717, 1.165) is 23.8 Å². The molecule has 1 heterocycles. The molecule has 5 nitrogen and oxygen atoms in total. The van der Waals surface area contributed by atoms with Gasteiger partial charge in [-0.05, 0) is 36.6 Å². The lowest BCUT2D eigenvalue weighted by Crippen LogP contribution is -2.46. The van der Waals surface area contributed by atoms with Crippen molar-refractivity contribution < 1.29 is 23.5 Å². The van der Waals surface area contributed by atoms with Crippen LogP contribution in [-0.4, -0.2) is 22.0 Å². The minimum Gasteiger partial charge on any atom is -0.481 e. The first kappa shape index (κ1) is 19.0. The Bertz CT molecular complexity index is 860. The molecular weight excluding hydrogens is 354 g/mol. The molecule has 1 aliphatic rings. The number of aliphatic carboxylic acids is 1. The lowest BCUT2D eigenvalue weighted by Gasteiger charge is -2.31. The van der Waals surface area contributed by atoms with Crippen molar-refractivity contribution in [2.75, 3.05) is 0 Å². The van der Waals surface area contributed by atoms with Crippen LogP contribution < -0.4 is 5.43 Å². The summed E-state index contributed by atoms with van der Waals surface area (Å²) >= 11 is 0. The summed E-state index contributed by atoms with van der Waals surface area (Å²) in [6, 6.07) is 11.8. The van der Waals surface area contributed by atoms with Crippen molar-refractivity contribution in [2.24, 2.45) is 0 Å². The molecular formula is C20H20F2N2O3. The predicted molar refractivity (Wildman–Crippen MR) is 94.4 cm³/mol. The van der Waals surface area contributed by atoms with Crippen LogP contribution >= 0.6 is 0 Å². The molecule has 0 aliphatic carbocycles. The standard InChI is InChI=1S/C20H20F2N2O3/c1-13(25)24-18(14-5-3-2-4-6-14)12-20(23-24,10-9-19(26)27)16-11-15(21)7-8-17(16)22/h2-8,11,18,23H,9-10,12H2,1H3,(H,26,27)/t18-,20?/m0/s1. The Labute approximate surface area is 155 Å². The maximum absolute atomic E-state index is 14.6. The second kappa shape index (κ2) is 7.44. The first-order valence-corrected chi connectivity index (χ1v) is 8.62. The molecule has 7 heteroatoms. The number of benzene rings is 2. The molecule has 0 saturated carbocycles. The van der Waals surface area contributed by atoms with Gasteiger partial charge >= 0.3 is 5.97 Å². The highest BCUT2D eigenvalue weighted by Crippen LogP contribution is 2.45. The van der Waals surface area contributed by atoms with E-state index >= 15 is 0 Å². The topological polar surface area (TPSA) is 69.6 Å². The fourth-order valence-electron chi connectivity index (χ4n) is 3.66. The van der Waals surface area contributed by atoms with E-state index in [0.29, 0.717) is 0 Å². The van der Waals surface area contributed by atoms with Crippen molar-refractivity contribution in [3.8, 4) is 0 Å². The molecule has 3 rings (SSSR count). The van der Waals surface area contributed by atoms with E-state index in [1.54, 1.807) is 0 Å². The van der Waals surface area contributed by atoms with Gasteiger partial charge in [0.05, 0.1) is 11.6 Å². The van der Waals surface area contributed by atoms with E-state index in [1.165, 1.54) is 11.9 Å². The number of hydrogen-bond acceptors (Lipinski definition) is 3. The fourth-order valence-corrected chi connectivity index (χ4v) is 3.66. The average molecular weight is 374 g/mol. The molecule has 2 aromatic carbocycles. The highest BCUT2D eigenvalue weighted by Gasteiger charge is 2.48. The third kappa shape index (κ3) is 3.83. The van der Waals surface area contributed by atoms with Crippen LogP contribution in [0.3, 0.4) is 0 Å². The second-order valence-electron chi connectivity index (χ2n) is 6.73. The van der Waals surface area contributed by atoms with Crippen LogP contribution in [0.1, 0.15) is 43.4 Å². The van der Waals surface area contributed by atoms with Crippen molar-refractivity contribution in [3.63, 3.8) is 0 Å². The fraction of sp³-hybridized carbons (Fsp3) is 0.300. The Morgan fingerprint density at radius 3 is 2.56 bits per heavy atom. The number of nitrogens with zero attached hydrogens (tertiary/aromatic N) is 1. The highest BCUT2D eigenvalue weighted by atomic mass is 19.1. The Balaban J connectivity index is 2.09. The smallest absolute Gasteiger partial charge is 0.303 e.